The highest BCUT2D eigenvalue weighted by atomic mass is 32.2. The summed E-state index contributed by atoms with van der Waals surface area (Å²) >= 11 is 1.63. The van der Waals surface area contributed by atoms with Crippen LogP contribution in [-0.4, -0.2) is 27.7 Å². The number of carbonyl (C=O) groups excluding carboxylic acids is 1. The number of hydrogen-bond donors (Lipinski definition) is 2. The minimum absolute atomic E-state index is 0.125. The Kier molecular flexibility index (Phi) is 5.72. The van der Waals surface area contributed by atoms with Crippen LogP contribution in [0.1, 0.15) is 28.0 Å². The Morgan fingerprint density at radius 2 is 2.12 bits per heavy atom. The molecule has 0 fully saturated rings. The molecule has 130 valence electrons. The fraction of sp³-hybridized carbons (Fsp3) is 0.150. The Bertz CT molecular complexity index is 942. The lowest BCUT2D eigenvalue weighted by molar-refractivity contribution is 0.0957. The van der Waals surface area contributed by atoms with Crippen molar-refractivity contribution in [3.63, 3.8) is 0 Å². The van der Waals surface area contributed by atoms with E-state index in [1.165, 1.54) is 0 Å². The van der Waals surface area contributed by atoms with Crippen molar-refractivity contribution in [3.05, 3.63) is 76.1 Å². The van der Waals surface area contributed by atoms with Gasteiger partial charge in [-0.3, -0.25) is 10.2 Å². The lowest BCUT2D eigenvalue weighted by atomic mass is 10.1. The molecule has 0 atom stereocenters. The van der Waals surface area contributed by atoms with Crippen LogP contribution in [0.2, 0.25) is 0 Å². The summed E-state index contributed by atoms with van der Waals surface area (Å²) in [5.41, 5.74) is 2.19. The van der Waals surface area contributed by atoms with Crippen molar-refractivity contribution in [1.82, 2.24) is 14.9 Å². The number of amides is 1. The Morgan fingerprint density at radius 1 is 1.35 bits per heavy atom. The standard InChI is InChI=1S/C20H18N4OS/c1-24-14-22-12-17(24)9-10-19(21)15-5-7-16(8-6-15)20(25)23-13-18-4-2-3-11-26-18/h3-8,11-12,14,21H,2,13H2,1H3,(H,23,25). The summed E-state index contributed by atoms with van der Waals surface area (Å²) < 4.78 is 1.80. The zero-order valence-corrected chi connectivity index (χ0v) is 15.1. The Balaban J connectivity index is 1.60. The van der Waals surface area contributed by atoms with Crippen LogP contribution in [0.15, 0.2) is 59.3 Å². The van der Waals surface area contributed by atoms with E-state index in [1.807, 2.05) is 12.5 Å². The lowest BCUT2D eigenvalue weighted by Crippen LogP contribution is -2.25. The van der Waals surface area contributed by atoms with Crippen LogP contribution in [-0.2, 0) is 7.05 Å². The number of carbonyl (C=O) groups is 1. The van der Waals surface area contributed by atoms with E-state index in [1.54, 1.807) is 53.1 Å². The van der Waals surface area contributed by atoms with Gasteiger partial charge in [-0.05, 0) is 35.8 Å². The molecule has 0 aliphatic carbocycles. The lowest BCUT2D eigenvalue weighted by Gasteiger charge is -2.09. The smallest absolute Gasteiger partial charge is 0.251 e. The molecule has 1 aliphatic heterocycles. The highest BCUT2D eigenvalue weighted by Crippen LogP contribution is 2.21. The third-order valence-corrected chi connectivity index (χ3v) is 4.73. The van der Waals surface area contributed by atoms with Crippen molar-refractivity contribution in [3.8, 4) is 11.8 Å². The van der Waals surface area contributed by atoms with Gasteiger partial charge in [-0.2, -0.15) is 0 Å². The third-order valence-electron chi connectivity index (χ3n) is 3.79. The molecule has 6 heteroatoms. The molecular weight excluding hydrogens is 344 g/mol. The van der Waals surface area contributed by atoms with E-state index in [4.69, 9.17) is 5.41 Å². The van der Waals surface area contributed by atoms with Gasteiger partial charge in [0, 0.05) is 29.6 Å². The minimum Gasteiger partial charge on any atom is -0.347 e. The fourth-order valence-corrected chi connectivity index (χ4v) is 3.02. The molecule has 0 saturated heterocycles. The largest absolute Gasteiger partial charge is 0.347 e. The SMILES string of the molecule is Cn1cncc1C#CC(=N)c1ccc(C(=O)NCC2=CCC=CS2)cc1. The first kappa shape index (κ1) is 17.8. The molecule has 1 amide bonds. The molecule has 0 bridgehead atoms. The van der Waals surface area contributed by atoms with Gasteiger partial charge in [0.15, 0.2) is 0 Å². The molecule has 0 saturated carbocycles. The van der Waals surface area contributed by atoms with Crippen LogP contribution in [0.3, 0.4) is 0 Å². The maximum Gasteiger partial charge on any atom is 0.251 e. The van der Waals surface area contributed by atoms with Crippen LogP contribution < -0.4 is 5.32 Å². The second-order valence-electron chi connectivity index (χ2n) is 5.67. The molecule has 2 N–H and O–H groups in total. The molecule has 3 rings (SSSR count). The predicted octanol–water partition coefficient (Wildman–Crippen LogP) is 3.10. The quantitative estimate of drug-likeness (QED) is 0.648. The monoisotopic (exact) mass is 362 g/mol. The average molecular weight is 362 g/mol. The van der Waals surface area contributed by atoms with E-state index in [0.717, 1.165) is 17.0 Å². The average Bonchev–Trinajstić information content (AvgIpc) is 3.10. The van der Waals surface area contributed by atoms with E-state index in [0.29, 0.717) is 17.7 Å². The first-order chi connectivity index (χ1) is 12.6. The van der Waals surface area contributed by atoms with Gasteiger partial charge in [0.05, 0.1) is 12.5 Å². The van der Waals surface area contributed by atoms with Crippen LogP contribution in [0.5, 0.6) is 0 Å². The Labute approximate surface area is 156 Å². The number of nitrogens with one attached hydrogen (secondary N) is 2. The van der Waals surface area contributed by atoms with E-state index in [9.17, 15) is 4.79 Å². The van der Waals surface area contributed by atoms with E-state index in [2.05, 4.69) is 34.3 Å². The highest BCUT2D eigenvalue weighted by molar-refractivity contribution is 8.05. The first-order valence-corrected chi connectivity index (χ1v) is 8.97. The van der Waals surface area contributed by atoms with Gasteiger partial charge < -0.3 is 9.88 Å². The third kappa shape index (κ3) is 4.52. The molecule has 0 unspecified atom stereocenters. The second kappa shape index (κ2) is 8.37. The Morgan fingerprint density at radius 3 is 2.77 bits per heavy atom. The molecule has 26 heavy (non-hydrogen) atoms. The molecule has 5 nitrogen and oxygen atoms in total. The summed E-state index contributed by atoms with van der Waals surface area (Å²) in [7, 11) is 1.85. The van der Waals surface area contributed by atoms with Crippen molar-refractivity contribution in [2.45, 2.75) is 6.42 Å². The minimum atomic E-state index is -0.125. The molecule has 1 aromatic carbocycles. The second-order valence-corrected chi connectivity index (χ2v) is 6.70. The maximum atomic E-state index is 12.2. The number of nitrogens with zero attached hydrogens (tertiary/aromatic N) is 2. The summed E-state index contributed by atoms with van der Waals surface area (Å²) in [6, 6.07) is 6.92. The number of aromatic nitrogens is 2. The van der Waals surface area contributed by atoms with Crippen molar-refractivity contribution in [1.29, 1.82) is 5.41 Å². The van der Waals surface area contributed by atoms with Crippen LogP contribution in [0, 0.1) is 17.3 Å². The molecule has 0 radical (unpaired) electrons. The van der Waals surface area contributed by atoms with Gasteiger partial charge in [-0.15, -0.1) is 11.8 Å². The molecular formula is C20H18N4OS. The van der Waals surface area contributed by atoms with Crippen molar-refractivity contribution in [2.75, 3.05) is 6.54 Å². The zero-order chi connectivity index (χ0) is 18.4. The summed E-state index contributed by atoms with van der Waals surface area (Å²) in [5.74, 6) is 5.61. The van der Waals surface area contributed by atoms with Gasteiger partial charge in [0.25, 0.3) is 5.91 Å². The van der Waals surface area contributed by atoms with Crippen LogP contribution >= 0.6 is 11.8 Å². The molecule has 2 aromatic rings. The number of thioether (sulfide) groups is 1. The number of rotatable bonds is 4. The number of benzene rings is 1. The number of aryl methyl sites for hydroxylation is 1. The van der Waals surface area contributed by atoms with E-state index >= 15 is 0 Å². The summed E-state index contributed by atoms with van der Waals surface area (Å²) in [6.07, 6.45) is 8.43. The van der Waals surface area contributed by atoms with Gasteiger partial charge in [0.2, 0.25) is 0 Å². The Hall–Kier alpha value is -3.04. The number of allylic oxidation sites excluding steroid dienone is 2. The number of imidazole rings is 1. The number of hydrogen-bond acceptors (Lipinski definition) is 4. The topological polar surface area (TPSA) is 70.8 Å². The molecule has 1 aliphatic rings. The van der Waals surface area contributed by atoms with Crippen molar-refractivity contribution in [2.24, 2.45) is 7.05 Å². The summed E-state index contributed by atoms with van der Waals surface area (Å²) in [5, 5.41) is 13.0. The van der Waals surface area contributed by atoms with Gasteiger partial charge in [0.1, 0.15) is 11.4 Å². The van der Waals surface area contributed by atoms with Crippen molar-refractivity contribution >= 4 is 23.4 Å². The molecule has 1 aromatic heterocycles. The highest BCUT2D eigenvalue weighted by Gasteiger charge is 2.08. The first-order valence-electron chi connectivity index (χ1n) is 8.10. The summed E-state index contributed by atoms with van der Waals surface area (Å²) in [6.45, 7) is 0.529. The van der Waals surface area contributed by atoms with E-state index in [-0.39, 0.29) is 11.6 Å². The van der Waals surface area contributed by atoms with Gasteiger partial charge >= 0.3 is 0 Å². The zero-order valence-electron chi connectivity index (χ0n) is 14.3. The predicted molar refractivity (Wildman–Crippen MR) is 105 cm³/mol. The van der Waals surface area contributed by atoms with E-state index < -0.39 is 0 Å². The van der Waals surface area contributed by atoms with Crippen LogP contribution in [0.25, 0.3) is 0 Å². The fourth-order valence-electron chi connectivity index (χ4n) is 2.29. The summed E-state index contributed by atoms with van der Waals surface area (Å²) in [4.78, 5) is 17.4. The normalized spacial score (nSPS) is 12.7. The maximum absolute atomic E-state index is 12.2. The van der Waals surface area contributed by atoms with Crippen molar-refractivity contribution < 1.29 is 4.79 Å². The van der Waals surface area contributed by atoms with Crippen LogP contribution in [0.4, 0.5) is 0 Å². The molecule has 2 heterocycles. The van der Waals surface area contributed by atoms with Gasteiger partial charge in [-0.25, -0.2) is 4.98 Å². The molecule has 0 spiro atoms. The van der Waals surface area contributed by atoms with Gasteiger partial charge in [-0.1, -0.05) is 24.3 Å².